The first-order chi connectivity index (χ1) is 14.9. The molecule has 0 aliphatic carbocycles. The van der Waals surface area contributed by atoms with Crippen molar-refractivity contribution in [1.29, 1.82) is 5.26 Å². The number of aliphatic hydroxyl groups is 1. The second-order valence-electron chi connectivity index (χ2n) is 7.01. The molecule has 1 atom stereocenters. The summed E-state index contributed by atoms with van der Waals surface area (Å²) in [6, 6.07) is 19.1. The molecule has 0 amide bonds. The minimum absolute atomic E-state index is 0.0116. The fourth-order valence-corrected chi connectivity index (χ4v) is 6.25. The summed E-state index contributed by atoms with van der Waals surface area (Å²) in [4.78, 5) is 0.119. The molecule has 0 saturated carbocycles. The van der Waals surface area contributed by atoms with Crippen LogP contribution in [0, 0.1) is 11.3 Å². The fraction of sp³-hybridized carbons (Fsp3) is 0.174. The Morgan fingerprint density at radius 1 is 1.16 bits per heavy atom. The summed E-state index contributed by atoms with van der Waals surface area (Å²) in [5, 5.41) is 22.1. The van der Waals surface area contributed by atoms with Crippen molar-refractivity contribution in [2.75, 3.05) is 6.61 Å². The van der Waals surface area contributed by atoms with Crippen molar-refractivity contribution in [1.82, 2.24) is 4.31 Å². The third-order valence-electron chi connectivity index (χ3n) is 5.26. The third kappa shape index (κ3) is 3.59. The molecule has 1 aliphatic rings. The molecule has 1 aliphatic heterocycles. The van der Waals surface area contributed by atoms with E-state index < -0.39 is 22.0 Å². The molecule has 0 bridgehead atoms. The second kappa shape index (κ2) is 8.35. The number of rotatable bonds is 5. The van der Waals surface area contributed by atoms with Gasteiger partial charge in [-0.3, -0.25) is 0 Å². The van der Waals surface area contributed by atoms with Crippen LogP contribution >= 0.6 is 15.9 Å². The van der Waals surface area contributed by atoms with Crippen LogP contribution in [0.2, 0.25) is 0 Å². The van der Waals surface area contributed by atoms with E-state index >= 15 is 0 Å². The molecule has 6 nitrogen and oxygen atoms in total. The third-order valence-corrected chi connectivity index (χ3v) is 8.08. The number of hydrogen-bond acceptors (Lipinski definition) is 5. The lowest BCUT2D eigenvalue weighted by Gasteiger charge is -2.24. The monoisotopic (exact) mass is 498 g/mol. The van der Waals surface area contributed by atoms with Crippen LogP contribution in [0.1, 0.15) is 24.1 Å². The predicted octanol–water partition coefficient (Wildman–Crippen LogP) is 5.18. The number of nitrogens with zero attached hydrogens (tertiary/aromatic N) is 2. The van der Waals surface area contributed by atoms with E-state index in [4.69, 9.17) is 4.74 Å². The lowest BCUT2D eigenvalue weighted by atomic mass is 9.99. The molecule has 1 heterocycles. The minimum atomic E-state index is -3.91. The Bertz CT molecular complexity index is 1350. The van der Waals surface area contributed by atoms with Gasteiger partial charge in [0, 0.05) is 11.0 Å². The summed E-state index contributed by atoms with van der Waals surface area (Å²) in [6.45, 7) is 1.83. The summed E-state index contributed by atoms with van der Waals surface area (Å²) < 4.78 is 34.0. The van der Waals surface area contributed by atoms with Crippen LogP contribution < -0.4 is 0 Å². The molecule has 3 aromatic rings. The summed E-state index contributed by atoms with van der Waals surface area (Å²) in [5.41, 5.74) is 1.03. The number of nitriles is 1. The molecular weight excluding hydrogens is 480 g/mol. The molecular formula is C23H19BrN2O4S. The Kier molecular flexibility index (Phi) is 5.75. The van der Waals surface area contributed by atoms with Crippen LogP contribution in [0.3, 0.4) is 0 Å². The van der Waals surface area contributed by atoms with E-state index in [-0.39, 0.29) is 23.6 Å². The van der Waals surface area contributed by atoms with Crippen LogP contribution in [-0.2, 0) is 21.3 Å². The quantitative estimate of drug-likeness (QED) is 0.386. The maximum atomic E-state index is 13.4. The maximum absolute atomic E-state index is 13.4. The van der Waals surface area contributed by atoms with Gasteiger partial charge in [-0.25, -0.2) is 8.42 Å². The topological polar surface area (TPSA) is 90.6 Å². The van der Waals surface area contributed by atoms with Crippen molar-refractivity contribution in [3.63, 3.8) is 0 Å². The van der Waals surface area contributed by atoms with Crippen LogP contribution in [0.25, 0.3) is 10.8 Å². The largest absolute Gasteiger partial charge is 0.480 e. The number of aliphatic hydroxyl groups excluding tert-OH is 1. The van der Waals surface area contributed by atoms with E-state index in [2.05, 4.69) is 15.9 Å². The van der Waals surface area contributed by atoms with E-state index in [1.807, 2.05) is 42.5 Å². The van der Waals surface area contributed by atoms with E-state index in [1.165, 1.54) is 10.4 Å². The molecule has 3 aromatic carbocycles. The summed E-state index contributed by atoms with van der Waals surface area (Å²) in [7, 11) is -3.91. The SMILES string of the molecule is CCO/C(O)=C(/C#N)C1c2ccccc2S(=O)(=O)N1Cc1ccc2ccccc2c1Br. The summed E-state index contributed by atoms with van der Waals surface area (Å²) in [5.74, 6) is -0.565. The Morgan fingerprint density at radius 2 is 1.87 bits per heavy atom. The van der Waals surface area contributed by atoms with Crippen molar-refractivity contribution >= 4 is 36.7 Å². The smallest absolute Gasteiger partial charge is 0.293 e. The molecule has 0 radical (unpaired) electrons. The number of benzene rings is 3. The summed E-state index contributed by atoms with van der Waals surface area (Å²) >= 11 is 3.62. The molecule has 31 heavy (non-hydrogen) atoms. The van der Waals surface area contributed by atoms with Gasteiger partial charge < -0.3 is 9.84 Å². The molecule has 1 N–H and O–H groups in total. The molecule has 0 saturated heterocycles. The number of hydrogen-bond donors (Lipinski definition) is 1. The standard InChI is InChI=1S/C23H19BrN2O4S/c1-2-30-23(27)19(13-25)22-18-9-5-6-10-20(18)31(28,29)26(22)14-16-12-11-15-7-3-4-8-17(15)21(16)24/h3-12,22,27H,2,14H2,1H3/b23-19-. The van der Waals surface area contributed by atoms with Gasteiger partial charge in [0.15, 0.2) is 0 Å². The van der Waals surface area contributed by atoms with E-state index in [9.17, 15) is 18.8 Å². The maximum Gasteiger partial charge on any atom is 0.293 e. The molecule has 0 aromatic heterocycles. The zero-order chi connectivity index (χ0) is 22.2. The van der Waals surface area contributed by atoms with Crippen molar-refractivity contribution < 1.29 is 18.3 Å². The molecule has 8 heteroatoms. The van der Waals surface area contributed by atoms with Gasteiger partial charge in [-0.15, -0.1) is 0 Å². The first-order valence-corrected chi connectivity index (χ1v) is 11.9. The molecule has 0 spiro atoms. The van der Waals surface area contributed by atoms with E-state index in [1.54, 1.807) is 25.1 Å². The Morgan fingerprint density at radius 3 is 2.61 bits per heavy atom. The highest BCUT2D eigenvalue weighted by Gasteiger charge is 2.46. The fourth-order valence-electron chi connectivity index (χ4n) is 3.85. The Labute approximate surface area is 189 Å². The van der Waals surface area contributed by atoms with Crippen LogP contribution in [0.4, 0.5) is 0 Å². The minimum Gasteiger partial charge on any atom is -0.480 e. The average molecular weight is 499 g/mol. The first kappa shape index (κ1) is 21.4. The van der Waals surface area contributed by atoms with E-state index in [0.717, 1.165) is 20.8 Å². The highest BCUT2D eigenvalue weighted by atomic mass is 79.9. The van der Waals surface area contributed by atoms with Gasteiger partial charge in [-0.2, -0.15) is 9.57 Å². The van der Waals surface area contributed by atoms with Gasteiger partial charge in [0.05, 0.1) is 17.5 Å². The van der Waals surface area contributed by atoms with Crippen molar-refractivity contribution in [2.24, 2.45) is 0 Å². The van der Waals surface area contributed by atoms with Gasteiger partial charge >= 0.3 is 0 Å². The molecule has 0 fully saturated rings. The highest BCUT2D eigenvalue weighted by Crippen LogP contribution is 2.45. The van der Waals surface area contributed by atoms with E-state index in [0.29, 0.717) is 5.56 Å². The van der Waals surface area contributed by atoms with Crippen molar-refractivity contribution in [2.45, 2.75) is 24.4 Å². The van der Waals surface area contributed by atoms with Crippen LogP contribution in [-0.4, -0.2) is 24.4 Å². The van der Waals surface area contributed by atoms with Crippen molar-refractivity contribution in [3.8, 4) is 6.07 Å². The number of ether oxygens (including phenoxy) is 1. The lowest BCUT2D eigenvalue weighted by molar-refractivity contribution is 0.0952. The predicted molar refractivity (Wildman–Crippen MR) is 120 cm³/mol. The zero-order valence-electron chi connectivity index (χ0n) is 16.6. The molecule has 1 unspecified atom stereocenters. The van der Waals surface area contributed by atoms with Gasteiger partial charge in [-0.05, 0) is 50.8 Å². The zero-order valence-corrected chi connectivity index (χ0v) is 19.0. The van der Waals surface area contributed by atoms with Gasteiger partial charge in [0.25, 0.3) is 5.95 Å². The first-order valence-electron chi connectivity index (χ1n) is 9.63. The molecule has 4 rings (SSSR count). The summed E-state index contributed by atoms with van der Waals surface area (Å²) in [6.07, 6.45) is 0. The van der Waals surface area contributed by atoms with Crippen molar-refractivity contribution in [3.05, 3.63) is 87.8 Å². The van der Waals surface area contributed by atoms with Gasteiger partial charge in [-0.1, -0.05) is 54.6 Å². The number of sulfonamides is 1. The number of halogens is 1. The average Bonchev–Trinajstić information content (AvgIpc) is 2.98. The Hall–Kier alpha value is -2.86. The van der Waals surface area contributed by atoms with Crippen LogP contribution in [0.15, 0.2) is 81.6 Å². The van der Waals surface area contributed by atoms with Gasteiger partial charge in [0.2, 0.25) is 10.0 Å². The number of fused-ring (bicyclic) bond motifs is 2. The molecule has 158 valence electrons. The Balaban J connectivity index is 1.88. The lowest BCUT2D eigenvalue weighted by Crippen LogP contribution is -2.29. The van der Waals surface area contributed by atoms with Crippen LogP contribution in [0.5, 0.6) is 0 Å². The second-order valence-corrected chi connectivity index (χ2v) is 9.67. The van der Waals surface area contributed by atoms with Gasteiger partial charge in [0.1, 0.15) is 11.6 Å². The highest BCUT2D eigenvalue weighted by molar-refractivity contribution is 9.10. The normalized spacial score (nSPS) is 18.3.